The zero-order chi connectivity index (χ0) is 13.8. The average molecular weight is 278 g/mol. The average Bonchev–Trinajstić information content (AvgIpc) is 2.41. The number of pyridine rings is 1. The van der Waals surface area contributed by atoms with Crippen LogP contribution in [0.3, 0.4) is 0 Å². The molecule has 0 bridgehead atoms. The second-order valence-electron chi connectivity index (χ2n) is 3.77. The van der Waals surface area contributed by atoms with E-state index in [1.54, 1.807) is 30.3 Å². The molecule has 0 aliphatic heterocycles. The zero-order valence-corrected chi connectivity index (χ0v) is 10.9. The topological polar surface area (TPSA) is 77.2 Å². The number of anilines is 2. The molecule has 5 nitrogen and oxygen atoms in total. The highest BCUT2D eigenvalue weighted by Crippen LogP contribution is 2.20. The molecule has 19 heavy (non-hydrogen) atoms. The minimum Gasteiger partial charge on any atom is -0.497 e. The van der Waals surface area contributed by atoms with Crippen LogP contribution in [0.2, 0.25) is 5.02 Å². The zero-order valence-electron chi connectivity index (χ0n) is 10.2. The number of hydrogen-bond acceptors (Lipinski definition) is 4. The van der Waals surface area contributed by atoms with Crippen LogP contribution < -0.4 is 15.8 Å². The van der Waals surface area contributed by atoms with Gasteiger partial charge in [0.05, 0.1) is 17.7 Å². The fraction of sp³-hybridized carbons (Fsp3) is 0.0769. The molecule has 0 saturated heterocycles. The van der Waals surface area contributed by atoms with Crippen LogP contribution in [0.15, 0.2) is 36.5 Å². The summed E-state index contributed by atoms with van der Waals surface area (Å²) in [5, 5.41) is 3.14. The maximum atomic E-state index is 12.0. The standard InChI is InChI=1S/C13H12ClN3O2/c1-19-9-3-4-10(11(15)6-9)13(18)17-12-5-2-8(14)7-16-12/h2-7H,15H2,1H3,(H,16,17,18). The number of nitrogens with two attached hydrogens (primary N) is 1. The van der Waals surface area contributed by atoms with Crippen molar-refractivity contribution >= 4 is 29.0 Å². The van der Waals surface area contributed by atoms with E-state index in [2.05, 4.69) is 10.3 Å². The van der Waals surface area contributed by atoms with E-state index in [1.165, 1.54) is 13.3 Å². The summed E-state index contributed by atoms with van der Waals surface area (Å²) >= 11 is 5.71. The Balaban J connectivity index is 2.18. The first-order chi connectivity index (χ1) is 9.10. The summed E-state index contributed by atoms with van der Waals surface area (Å²) in [6.07, 6.45) is 1.45. The summed E-state index contributed by atoms with van der Waals surface area (Å²) in [5.74, 6) is 0.665. The molecule has 2 aromatic rings. The van der Waals surface area contributed by atoms with Crippen molar-refractivity contribution in [3.8, 4) is 5.75 Å². The van der Waals surface area contributed by atoms with Gasteiger partial charge in [0.2, 0.25) is 0 Å². The van der Waals surface area contributed by atoms with Crippen LogP contribution in [0.5, 0.6) is 5.75 Å². The summed E-state index contributed by atoms with van der Waals surface area (Å²) in [6, 6.07) is 8.10. The van der Waals surface area contributed by atoms with Gasteiger partial charge in [0.25, 0.3) is 5.91 Å². The molecule has 3 N–H and O–H groups in total. The third kappa shape index (κ3) is 3.14. The van der Waals surface area contributed by atoms with Crippen LogP contribution in [-0.4, -0.2) is 18.0 Å². The second kappa shape index (κ2) is 5.58. The summed E-state index contributed by atoms with van der Waals surface area (Å²) in [6.45, 7) is 0. The van der Waals surface area contributed by atoms with E-state index in [1.807, 2.05) is 0 Å². The van der Waals surface area contributed by atoms with Gasteiger partial charge in [-0.25, -0.2) is 4.98 Å². The Kier molecular flexibility index (Phi) is 3.87. The Morgan fingerprint density at radius 1 is 1.37 bits per heavy atom. The van der Waals surface area contributed by atoms with Crippen LogP contribution in [0.4, 0.5) is 11.5 Å². The minimum atomic E-state index is -0.338. The predicted octanol–water partition coefficient (Wildman–Crippen LogP) is 2.58. The molecule has 0 radical (unpaired) electrons. The van der Waals surface area contributed by atoms with Crippen molar-refractivity contribution in [1.82, 2.24) is 4.98 Å². The van der Waals surface area contributed by atoms with Crippen molar-refractivity contribution in [2.75, 3.05) is 18.2 Å². The predicted molar refractivity (Wildman–Crippen MR) is 74.6 cm³/mol. The molecule has 0 atom stereocenters. The van der Waals surface area contributed by atoms with Gasteiger partial charge in [-0.2, -0.15) is 0 Å². The van der Waals surface area contributed by atoms with Gasteiger partial charge < -0.3 is 15.8 Å². The lowest BCUT2D eigenvalue weighted by atomic mass is 10.1. The molecule has 98 valence electrons. The Morgan fingerprint density at radius 2 is 2.16 bits per heavy atom. The lowest BCUT2D eigenvalue weighted by Crippen LogP contribution is -2.14. The monoisotopic (exact) mass is 277 g/mol. The highest BCUT2D eigenvalue weighted by atomic mass is 35.5. The fourth-order valence-electron chi connectivity index (χ4n) is 1.51. The summed E-state index contributed by atoms with van der Waals surface area (Å²) in [5.41, 5.74) is 6.49. The second-order valence-corrected chi connectivity index (χ2v) is 4.21. The van der Waals surface area contributed by atoms with Crippen molar-refractivity contribution in [1.29, 1.82) is 0 Å². The highest BCUT2D eigenvalue weighted by Gasteiger charge is 2.11. The number of amides is 1. The number of carbonyl (C=O) groups is 1. The molecular weight excluding hydrogens is 266 g/mol. The van der Waals surface area contributed by atoms with Crippen molar-refractivity contribution in [2.24, 2.45) is 0 Å². The summed E-state index contributed by atoms with van der Waals surface area (Å²) < 4.78 is 5.02. The van der Waals surface area contributed by atoms with Crippen molar-refractivity contribution < 1.29 is 9.53 Å². The van der Waals surface area contributed by atoms with Gasteiger partial charge >= 0.3 is 0 Å². The molecule has 0 unspecified atom stereocenters. The molecule has 1 aromatic carbocycles. The van der Waals surface area contributed by atoms with Crippen LogP contribution in [0.25, 0.3) is 0 Å². The van der Waals surface area contributed by atoms with Gasteiger partial charge in [0, 0.05) is 18.0 Å². The first-order valence-electron chi connectivity index (χ1n) is 5.46. The van der Waals surface area contributed by atoms with E-state index in [4.69, 9.17) is 22.1 Å². The number of aromatic nitrogens is 1. The number of nitrogens with zero attached hydrogens (tertiary/aromatic N) is 1. The van der Waals surface area contributed by atoms with Gasteiger partial charge in [0.15, 0.2) is 0 Å². The number of rotatable bonds is 3. The third-order valence-corrected chi connectivity index (χ3v) is 2.70. The smallest absolute Gasteiger partial charge is 0.258 e. The number of benzene rings is 1. The van der Waals surface area contributed by atoms with Crippen LogP contribution in [-0.2, 0) is 0 Å². The Hall–Kier alpha value is -2.27. The van der Waals surface area contributed by atoms with Crippen molar-refractivity contribution in [2.45, 2.75) is 0 Å². The van der Waals surface area contributed by atoms with E-state index in [0.717, 1.165) is 0 Å². The molecule has 1 amide bonds. The van der Waals surface area contributed by atoms with Crippen molar-refractivity contribution in [3.63, 3.8) is 0 Å². The van der Waals surface area contributed by atoms with Gasteiger partial charge in [-0.15, -0.1) is 0 Å². The number of halogens is 1. The minimum absolute atomic E-state index is 0.338. The van der Waals surface area contributed by atoms with Crippen LogP contribution in [0.1, 0.15) is 10.4 Å². The highest BCUT2D eigenvalue weighted by molar-refractivity contribution is 6.30. The van der Waals surface area contributed by atoms with Gasteiger partial charge in [0.1, 0.15) is 11.6 Å². The SMILES string of the molecule is COc1ccc(C(=O)Nc2ccc(Cl)cn2)c(N)c1. The molecule has 0 fully saturated rings. The molecule has 1 aromatic heterocycles. The van der Waals surface area contributed by atoms with Gasteiger partial charge in [-0.1, -0.05) is 11.6 Å². The number of ether oxygens (including phenoxy) is 1. The quantitative estimate of drug-likeness (QED) is 0.846. The van der Waals surface area contributed by atoms with E-state index < -0.39 is 0 Å². The Morgan fingerprint density at radius 3 is 2.74 bits per heavy atom. The summed E-state index contributed by atoms with van der Waals surface area (Å²) in [4.78, 5) is 16.0. The largest absolute Gasteiger partial charge is 0.497 e. The first kappa shape index (κ1) is 13.2. The molecule has 0 aliphatic rings. The third-order valence-electron chi connectivity index (χ3n) is 2.47. The lowest BCUT2D eigenvalue weighted by Gasteiger charge is -2.08. The van der Waals surface area contributed by atoms with Crippen LogP contribution >= 0.6 is 11.6 Å². The number of carbonyl (C=O) groups excluding carboxylic acids is 1. The molecule has 6 heteroatoms. The molecular formula is C13H12ClN3O2. The fourth-order valence-corrected chi connectivity index (χ4v) is 1.62. The molecule has 2 rings (SSSR count). The first-order valence-corrected chi connectivity index (χ1v) is 5.84. The lowest BCUT2D eigenvalue weighted by molar-refractivity contribution is 0.102. The van der Waals surface area contributed by atoms with Crippen molar-refractivity contribution in [3.05, 3.63) is 47.1 Å². The van der Waals surface area contributed by atoms with E-state index in [9.17, 15) is 4.79 Å². The number of nitrogen functional groups attached to an aromatic ring is 1. The Bertz CT molecular complexity index is 599. The van der Waals surface area contributed by atoms with Gasteiger partial charge in [-0.3, -0.25) is 4.79 Å². The van der Waals surface area contributed by atoms with E-state index in [-0.39, 0.29) is 5.91 Å². The maximum Gasteiger partial charge on any atom is 0.258 e. The normalized spacial score (nSPS) is 10.0. The van der Waals surface area contributed by atoms with E-state index >= 15 is 0 Å². The molecule has 0 aliphatic carbocycles. The molecule has 0 spiro atoms. The Labute approximate surface area is 115 Å². The number of nitrogens with one attached hydrogen (secondary N) is 1. The van der Waals surface area contributed by atoms with Gasteiger partial charge in [-0.05, 0) is 24.3 Å². The number of hydrogen-bond donors (Lipinski definition) is 2. The molecule has 0 saturated carbocycles. The summed E-state index contributed by atoms with van der Waals surface area (Å²) in [7, 11) is 1.53. The maximum absolute atomic E-state index is 12.0. The van der Waals surface area contributed by atoms with E-state index in [0.29, 0.717) is 27.8 Å². The number of methoxy groups -OCH3 is 1. The molecule has 1 heterocycles. The van der Waals surface area contributed by atoms with Crippen LogP contribution in [0, 0.1) is 0 Å².